The zero-order chi connectivity index (χ0) is 13.9. The Morgan fingerprint density at radius 1 is 1.10 bits per heavy atom. The van der Waals surface area contributed by atoms with Gasteiger partial charge in [0.25, 0.3) is 0 Å². The maximum absolute atomic E-state index is 5.28. The predicted octanol–water partition coefficient (Wildman–Crippen LogP) is 4.18. The van der Waals surface area contributed by atoms with Gasteiger partial charge in [-0.15, -0.1) is 0 Å². The number of nitrogens with one attached hydrogen (secondary N) is 1. The van der Waals surface area contributed by atoms with Crippen LogP contribution in [0.2, 0.25) is 0 Å². The number of rotatable bonds is 2. The smallest absolute Gasteiger partial charge is 0.139 e. The van der Waals surface area contributed by atoms with Gasteiger partial charge < -0.3 is 4.98 Å². The molecule has 0 unspecified atom stereocenters. The Morgan fingerprint density at radius 3 is 2.65 bits per heavy atom. The van der Waals surface area contributed by atoms with E-state index in [9.17, 15) is 0 Å². The molecule has 3 nitrogen and oxygen atoms in total. The van der Waals surface area contributed by atoms with Gasteiger partial charge >= 0.3 is 0 Å². The van der Waals surface area contributed by atoms with Crippen molar-refractivity contribution in [1.29, 1.82) is 0 Å². The van der Waals surface area contributed by atoms with E-state index in [0.717, 1.165) is 28.2 Å². The summed E-state index contributed by atoms with van der Waals surface area (Å²) >= 11 is 5.28. The van der Waals surface area contributed by atoms with Gasteiger partial charge in [0.2, 0.25) is 0 Å². The number of aromatic amines is 1. The fraction of sp³-hybridized carbons (Fsp3) is 0.0625. The van der Waals surface area contributed by atoms with Crippen LogP contribution in [0.1, 0.15) is 5.56 Å². The summed E-state index contributed by atoms with van der Waals surface area (Å²) in [6, 6.07) is 13.8. The lowest BCUT2D eigenvalue weighted by atomic mass is 10.1. The first kappa shape index (κ1) is 12.7. The van der Waals surface area contributed by atoms with Crippen molar-refractivity contribution in [3.05, 3.63) is 65.1 Å². The van der Waals surface area contributed by atoms with E-state index in [0.29, 0.717) is 4.64 Å². The quantitative estimate of drug-likeness (QED) is 0.716. The molecule has 0 amide bonds. The van der Waals surface area contributed by atoms with Crippen molar-refractivity contribution in [3.8, 4) is 22.6 Å². The van der Waals surface area contributed by atoms with Crippen LogP contribution in [0.15, 0.2) is 54.9 Å². The minimum atomic E-state index is 0.578. The summed E-state index contributed by atoms with van der Waals surface area (Å²) in [5, 5.41) is 0. The van der Waals surface area contributed by atoms with Crippen LogP contribution in [0.5, 0.6) is 0 Å². The van der Waals surface area contributed by atoms with Crippen LogP contribution in [0, 0.1) is 11.6 Å². The van der Waals surface area contributed by atoms with E-state index in [1.54, 1.807) is 6.20 Å². The van der Waals surface area contributed by atoms with Gasteiger partial charge in [0, 0.05) is 23.5 Å². The molecule has 0 aliphatic carbocycles. The molecule has 98 valence electrons. The van der Waals surface area contributed by atoms with E-state index in [1.807, 2.05) is 55.6 Å². The topological polar surface area (TPSA) is 41.6 Å². The second-order valence-electron chi connectivity index (χ2n) is 4.54. The molecule has 0 aliphatic rings. The van der Waals surface area contributed by atoms with Crippen LogP contribution in [0.3, 0.4) is 0 Å². The molecule has 1 N–H and O–H groups in total. The zero-order valence-electron chi connectivity index (χ0n) is 11.0. The van der Waals surface area contributed by atoms with Crippen molar-refractivity contribution in [2.75, 3.05) is 0 Å². The minimum Gasteiger partial charge on any atom is -0.339 e. The first-order chi connectivity index (χ1) is 9.74. The summed E-state index contributed by atoms with van der Waals surface area (Å²) in [6.45, 7) is 2.03. The van der Waals surface area contributed by atoms with Crippen molar-refractivity contribution in [2.24, 2.45) is 0 Å². The number of nitrogens with zero attached hydrogens (tertiary/aromatic N) is 2. The highest BCUT2D eigenvalue weighted by Gasteiger charge is 2.06. The first-order valence-corrected chi connectivity index (χ1v) is 6.72. The highest BCUT2D eigenvalue weighted by molar-refractivity contribution is 7.71. The maximum Gasteiger partial charge on any atom is 0.139 e. The molecule has 0 atom stereocenters. The predicted molar refractivity (Wildman–Crippen MR) is 82.8 cm³/mol. The molecule has 20 heavy (non-hydrogen) atoms. The van der Waals surface area contributed by atoms with Crippen LogP contribution in [0.4, 0.5) is 0 Å². The average Bonchev–Trinajstić information content (AvgIpc) is 2.48. The lowest BCUT2D eigenvalue weighted by Crippen LogP contribution is -1.94. The van der Waals surface area contributed by atoms with Crippen molar-refractivity contribution in [3.63, 3.8) is 0 Å². The lowest BCUT2D eigenvalue weighted by molar-refractivity contribution is 1.15. The molecule has 2 aromatic heterocycles. The molecule has 2 heterocycles. The summed E-state index contributed by atoms with van der Waals surface area (Å²) in [4.78, 5) is 11.9. The molecular weight excluding hydrogens is 266 g/mol. The van der Waals surface area contributed by atoms with E-state index in [1.165, 1.54) is 0 Å². The summed E-state index contributed by atoms with van der Waals surface area (Å²) in [7, 11) is 0. The largest absolute Gasteiger partial charge is 0.339 e. The third-order valence-corrected chi connectivity index (χ3v) is 3.31. The van der Waals surface area contributed by atoms with Gasteiger partial charge in [-0.2, -0.15) is 0 Å². The standard InChI is InChI=1S/C16H13N3S/c1-11-10-17-8-7-13(11)14-9-15(20)19-16(18-14)12-5-3-2-4-6-12/h2-10H,1H3,(H,18,19,20). The third-order valence-electron chi connectivity index (χ3n) is 3.10. The Labute approximate surface area is 122 Å². The second-order valence-corrected chi connectivity index (χ2v) is 4.96. The average molecular weight is 279 g/mol. The fourth-order valence-corrected chi connectivity index (χ4v) is 2.32. The normalized spacial score (nSPS) is 10.4. The van der Waals surface area contributed by atoms with E-state index in [4.69, 9.17) is 12.2 Å². The van der Waals surface area contributed by atoms with Gasteiger partial charge in [0.15, 0.2) is 0 Å². The van der Waals surface area contributed by atoms with Crippen molar-refractivity contribution in [2.45, 2.75) is 6.92 Å². The van der Waals surface area contributed by atoms with E-state index < -0.39 is 0 Å². The van der Waals surface area contributed by atoms with Crippen molar-refractivity contribution in [1.82, 2.24) is 15.0 Å². The molecule has 0 radical (unpaired) electrons. The van der Waals surface area contributed by atoms with Crippen LogP contribution < -0.4 is 0 Å². The Kier molecular flexibility index (Phi) is 3.39. The highest BCUT2D eigenvalue weighted by Crippen LogP contribution is 2.23. The van der Waals surface area contributed by atoms with Crippen molar-refractivity contribution < 1.29 is 0 Å². The van der Waals surface area contributed by atoms with Gasteiger partial charge in [-0.05, 0) is 24.6 Å². The fourth-order valence-electron chi connectivity index (χ4n) is 2.11. The Balaban J connectivity index is 2.18. The number of hydrogen-bond donors (Lipinski definition) is 1. The number of aryl methyl sites for hydroxylation is 1. The molecule has 3 rings (SSSR count). The van der Waals surface area contributed by atoms with Crippen LogP contribution in [-0.2, 0) is 0 Å². The number of hydrogen-bond acceptors (Lipinski definition) is 3. The minimum absolute atomic E-state index is 0.578. The molecule has 0 saturated heterocycles. The SMILES string of the molecule is Cc1cnccc1-c1cc(=S)nc(-c2ccccc2)[nH]1. The Bertz CT molecular complexity index is 794. The molecule has 0 bridgehead atoms. The van der Waals surface area contributed by atoms with Crippen molar-refractivity contribution >= 4 is 12.2 Å². The van der Waals surface area contributed by atoms with Crippen LogP contribution >= 0.6 is 12.2 Å². The monoisotopic (exact) mass is 279 g/mol. The van der Waals surface area contributed by atoms with Gasteiger partial charge in [-0.3, -0.25) is 4.98 Å². The van der Waals surface area contributed by atoms with E-state index >= 15 is 0 Å². The Hall–Kier alpha value is -2.33. The summed E-state index contributed by atoms with van der Waals surface area (Å²) in [5.41, 5.74) is 4.17. The molecule has 0 saturated carbocycles. The second kappa shape index (κ2) is 5.35. The maximum atomic E-state index is 5.28. The van der Waals surface area contributed by atoms with E-state index in [-0.39, 0.29) is 0 Å². The van der Waals surface area contributed by atoms with Crippen LogP contribution in [-0.4, -0.2) is 15.0 Å². The summed E-state index contributed by atoms with van der Waals surface area (Å²) in [5.74, 6) is 0.782. The lowest BCUT2D eigenvalue weighted by Gasteiger charge is -2.08. The van der Waals surface area contributed by atoms with E-state index in [2.05, 4.69) is 15.0 Å². The number of aromatic nitrogens is 3. The van der Waals surface area contributed by atoms with Crippen LogP contribution in [0.25, 0.3) is 22.6 Å². The van der Waals surface area contributed by atoms with Gasteiger partial charge in [-0.1, -0.05) is 42.5 Å². The molecule has 0 fully saturated rings. The molecule has 0 aliphatic heterocycles. The number of benzene rings is 1. The molecule has 1 aromatic carbocycles. The van der Waals surface area contributed by atoms with Gasteiger partial charge in [0.1, 0.15) is 10.5 Å². The Morgan fingerprint density at radius 2 is 1.90 bits per heavy atom. The van der Waals surface area contributed by atoms with Gasteiger partial charge in [-0.25, -0.2) is 4.98 Å². The number of pyridine rings is 1. The van der Waals surface area contributed by atoms with Gasteiger partial charge in [0.05, 0.1) is 5.69 Å². The third kappa shape index (κ3) is 2.51. The number of H-pyrrole nitrogens is 1. The summed E-state index contributed by atoms with van der Waals surface area (Å²) in [6.07, 6.45) is 3.62. The highest BCUT2D eigenvalue weighted by atomic mass is 32.1. The molecule has 4 heteroatoms. The summed E-state index contributed by atoms with van der Waals surface area (Å²) < 4.78 is 0.578. The molecular formula is C16H13N3S. The zero-order valence-corrected chi connectivity index (χ0v) is 11.8. The first-order valence-electron chi connectivity index (χ1n) is 6.32. The molecule has 0 spiro atoms. The molecule has 3 aromatic rings.